The van der Waals surface area contributed by atoms with Gasteiger partial charge in [0.05, 0.1) is 0 Å². The minimum Gasteiger partial charge on any atom is -0.405 e. The van der Waals surface area contributed by atoms with Gasteiger partial charge in [-0.15, -0.1) is 13.2 Å². The van der Waals surface area contributed by atoms with Crippen LogP contribution in [0.4, 0.5) is 26.3 Å². The third-order valence-corrected chi connectivity index (χ3v) is 1.56. The second kappa shape index (κ2) is 4.60. The molecule has 0 radical (unpaired) electrons. The Labute approximate surface area is 90.0 Å². The first-order chi connectivity index (χ1) is 7.74. The fourth-order valence-electron chi connectivity index (χ4n) is 0.947. The summed E-state index contributed by atoms with van der Waals surface area (Å²) in [5.41, 5.74) is -2.43. The molecule has 0 spiro atoms. The molecule has 0 atom stereocenters. The maximum absolute atomic E-state index is 12.9. The van der Waals surface area contributed by atoms with Crippen LogP contribution in [0.3, 0.4) is 0 Å². The Kier molecular flexibility index (Phi) is 3.59. The average molecular weight is 259 g/mol. The minimum absolute atomic E-state index is 0.158. The van der Waals surface area contributed by atoms with Gasteiger partial charge in [0.15, 0.2) is 6.29 Å². The summed E-state index contributed by atoms with van der Waals surface area (Å²) in [5, 5.41) is 0. The van der Waals surface area contributed by atoms with Crippen molar-refractivity contribution in [2.45, 2.75) is 12.8 Å². The van der Waals surface area contributed by atoms with E-state index in [1.54, 1.807) is 0 Å². The van der Waals surface area contributed by atoms with Gasteiger partial charge in [-0.3, -0.25) is 4.79 Å². The Balaban J connectivity index is 3.29. The molecule has 0 unspecified atom stereocenters. The van der Waals surface area contributed by atoms with Gasteiger partial charge in [-0.25, -0.2) is 13.8 Å². The molecule has 0 amide bonds. The summed E-state index contributed by atoms with van der Waals surface area (Å²) in [7, 11) is 0. The number of alkyl halides is 5. The standard InChI is InChI=1S/C8H3F6NO2/c9-6(10)4-1-5(17-8(12,13)14)3(2-16)7(11)15-4/h1-2,6H. The van der Waals surface area contributed by atoms with Gasteiger partial charge in [0, 0.05) is 6.07 Å². The summed E-state index contributed by atoms with van der Waals surface area (Å²) in [6, 6.07) is 0.158. The van der Waals surface area contributed by atoms with Crippen molar-refractivity contribution in [3.8, 4) is 5.75 Å². The van der Waals surface area contributed by atoms with Crippen LogP contribution in [0.5, 0.6) is 5.75 Å². The van der Waals surface area contributed by atoms with Crippen LogP contribution >= 0.6 is 0 Å². The molecule has 0 bridgehead atoms. The van der Waals surface area contributed by atoms with Crippen LogP contribution in [0.1, 0.15) is 22.5 Å². The van der Waals surface area contributed by atoms with Crippen LogP contribution in [-0.2, 0) is 0 Å². The third kappa shape index (κ3) is 3.33. The molecule has 3 nitrogen and oxygen atoms in total. The summed E-state index contributed by atoms with van der Waals surface area (Å²) in [6.45, 7) is 0. The van der Waals surface area contributed by atoms with Gasteiger partial charge in [0.2, 0.25) is 5.95 Å². The molecule has 1 rings (SSSR count). The number of aldehydes is 1. The second-order valence-electron chi connectivity index (χ2n) is 2.72. The number of hydrogen-bond donors (Lipinski definition) is 0. The molecule has 1 heterocycles. The van der Waals surface area contributed by atoms with Gasteiger partial charge < -0.3 is 4.74 Å². The first kappa shape index (κ1) is 13.3. The lowest BCUT2D eigenvalue weighted by Crippen LogP contribution is -2.19. The molecule has 1 aromatic rings. The van der Waals surface area contributed by atoms with Crippen molar-refractivity contribution < 1.29 is 35.9 Å². The first-order valence-electron chi connectivity index (χ1n) is 3.94. The molecule has 94 valence electrons. The van der Waals surface area contributed by atoms with E-state index in [1.165, 1.54) is 0 Å². The Morgan fingerprint density at radius 2 is 1.94 bits per heavy atom. The van der Waals surface area contributed by atoms with Crippen molar-refractivity contribution in [3.63, 3.8) is 0 Å². The maximum atomic E-state index is 12.9. The summed E-state index contributed by atoms with van der Waals surface area (Å²) < 4.78 is 76.0. The Bertz CT molecular complexity index is 431. The number of halogens is 6. The molecule has 0 aromatic carbocycles. The van der Waals surface area contributed by atoms with Crippen molar-refractivity contribution in [1.82, 2.24) is 4.98 Å². The highest BCUT2D eigenvalue weighted by atomic mass is 19.4. The molecule has 17 heavy (non-hydrogen) atoms. The van der Waals surface area contributed by atoms with Gasteiger partial charge in [-0.05, 0) is 0 Å². The van der Waals surface area contributed by atoms with Crippen molar-refractivity contribution in [1.29, 1.82) is 0 Å². The lowest BCUT2D eigenvalue weighted by atomic mass is 10.2. The van der Waals surface area contributed by atoms with Gasteiger partial charge in [0.1, 0.15) is 17.0 Å². The fraction of sp³-hybridized carbons (Fsp3) is 0.250. The summed E-state index contributed by atoms with van der Waals surface area (Å²) in [5.74, 6) is -3.10. The Morgan fingerprint density at radius 3 is 2.35 bits per heavy atom. The summed E-state index contributed by atoms with van der Waals surface area (Å²) >= 11 is 0. The average Bonchev–Trinajstić information content (AvgIpc) is 2.14. The molecule has 0 saturated heterocycles. The highest BCUT2D eigenvalue weighted by molar-refractivity contribution is 5.79. The van der Waals surface area contributed by atoms with Gasteiger partial charge >= 0.3 is 6.36 Å². The molecule has 0 N–H and O–H groups in total. The molecular weight excluding hydrogens is 256 g/mol. The first-order valence-corrected chi connectivity index (χ1v) is 3.94. The smallest absolute Gasteiger partial charge is 0.405 e. The van der Waals surface area contributed by atoms with Crippen molar-refractivity contribution in [2.24, 2.45) is 0 Å². The van der Waals surface area contributed by atoms with Gasteiger partial charge in [-0.1, -0.05) is 0 Å². The highest BCUT2D eigenvalue weighted by Crippen LogP contribution is 2.30. The number of rotatable bonds is 3. The Hall–Kier alpha value is -1.80. The van der Waals surface area contributed by atoms with E-state index < -0.39 is 35.7 Å². The molecule has 9 heteroatoms. The second-order valence-corrected chi connectivity index (χ2v) is 2.72. The monoisotopic (exact) mass is 259 g/mol. The van der Waals surface area contributed by atoms with E-state index in [2.05, 4.69) is 9.72 Å². The zero-order valence-electron chi connectivity index (χ0n) is 7.76. The van der Waals surface area contributed by atoms with Crippen LogP contribution < -0.4 is 4.74 Å². The van der Waals surface area contributed by atoms with Crippen molar-refractivity contribution in [3.05, 3.63) is 23.3 Å². The molecule has 1 aromatic heterocycles. The van der Waals surface area contributed by atoms with E-state index in [9.17, 15) is 31.1 Å². The SMILES string of the molecule is O=Cc1c(OC(F)(F)F)cc(C(F)F)nc1F. The number of pyridine rings is 1. The normalized spacial score (nSPS) is 11.7. The fourth-order valence-corrected chi connectivity index (χ4v) is 0.947. The number of ether oxygens (including phenoxy) is 1. The van der Waals surface area contributed by atoms with Crippen LogP contribution in [-0.4, -0.2) is 17.6 Å². The predicted molar refractivity (Wildman–Crippen MR) is 41.2 cm³/mol. The molecule has 0 fully saturated rings. The van der Waals surface area contributed by atoms with Crippen LogP contribution in [0.25, 0.3) is 0 Å². The van der Waals surface area contributed by atoms with Crippen LogP contribution in [0, 0.1) is 5.95 Å². The predicted octanol–water partition coefficient (Wildman–Crippen LogP) is 2.87. The van der Waals surface area contributed by atoms with E-state index in [1.807, 2.05) is 0 Å². The third-order valence-electron chi connectivity index (χ3n) is 1.56. The lowest BCUT2D eigenvalue weighted by molar-refractivity contribution is -0.274. The van der Waals surface area contributed by atoms with E-state index in [0.717, 1.165) is 0 Å². The quantitative estimate of drug-likeness (QED) is 0.476. The molecular formula is C8H3F6NO2. The number of hydrogen-bond acceptors (Lipinski definition) is 3. The van der Waals surface area contributed by atoms with Gasteiger partial charge in [0.25, 0.3) is 6.43 Å². The van der Waals surface area contributed by atoms with E-state index in [4.69, 9.17) is 0 Å². The number of aromatic nitrogens is 1. The van der Waals surface area contributed by atoms with Gasteiger partial charge in [-0.2, -0.15) is 4.39 Å². The lowest BCUT2D eigenvalue weighted by Gasteiger charge is -2.12. The highest BCUT2D eigenvalue weighted by Gasteiger charge is 2.33. The van der Waals surface area contributed by atoms with Crippen molar-refractivity contribution in [2.75, 3.05) is 0 Å². The largest absolute Gasteiger partial charge is 0.573 e. The Morgan fingerprint density at radius 1 is 1.35 bits per heavy atom. The van der Waals surface area contributed by atoms with E-state index in [0.29, 0.717) is 0 Å². The number of carbonyl (C=O) groups is 1. The van der Waals surface area contributed by atoms with E-state index >= 15 is 0 Å². The molecule has 0 saturated carbocycles. The topological polar surface area (TPSA) is 39.2 Å². The molecule has 0 aliphatic carbocycles. The van der Waals surface area contributed by atoms with Crippen LogP contribution in [0.2, 0.25) is 0 Å². The van der Waals surface area contributed by atoms with Crippen molar-refractivity contribution >= 4 is 6.29 Å². The summed E-state index contributed by atoms with van der Waals surface area (Å²) in [6.07, 6.45) is -8.83. The number of carbonyl (C=O) groups excluding carboxylic acids is 1. The van der Waals surface area contributed by atoms with Crippen LogP contribution in [0.15, 0.2) is 6.07 Å². The van der Waals surface area contributed by atoms with E-state index in [-0.39, 0.29) is 12.4 Å². The zero-order chi connectivity index (χ0) is 13.2. The maximum Gasteiger partial charge on any atom is 0.573 e. The minimum atomic E-state index is -5.23. The zero-order valence-corrected chi connectivity index (χ0v) is 7.76. The number of nitrogens with zero attached hydrogens (tertiary/aromatic N) is 1. The summed E-state index contributed by atoms with van der Waals surface area (Å²) in [4.78, 5) is 12.9. The molecule has 0 aliphatic rings. The molecule has 0 aliphatic heterocycles.